The van der Waals surface area contributed by atoms with Gasteiger partial charge in [-0.3, -0.25) is 4.79 Å². The van der Waals surface area contributed by atoms with Crippen molar-refractivity contribution in [3.63, 3.8) is 0 Å². The Balaban J connectivity index is 0.896. The highest BCUT2D eigenvalue weighted by atomic mass is 16.8. The van der Waals surface area contributed by atoms with Gasteiger partial charge < -0.3 is 149 Å². The third-order valence-electron chi connectivity index (χ3n) is 22.2. The van der Waals surface area contributed by atoms with Gasteiger partial charge in [0.05, 0.1) is 56.9 Å². The van der Waals surface area contributed by atoms with Crippen molar-refractivity contribution >= 4 is 12.1 Å². The van der Waals surface area contributed by atoms with Crippen molar-refractivity contribution in [2.45, 2.75) is 297 Å². The largest absolute Gasteiger partial charge is 0.509 e. The number of cyclic esters (lactones) is 2. The van der Waals surface area contributed by atoms with Crippen LogP contribution in [-0.2, 0) is 61.6 Å². The van der Waals surface area contributed by atoms with E-state index in [1.54, 1.807) is 13.8 Å². The maximum atomic E-state index is 12.6. The number of carbonyl (C=O) groups is 2. The fourth-order valence-corrected chi connectivity index (χ4v) is 17.2. The van der Waals surface area contributed by atoms with Gasteiger partial charge in [-0.25, -0.2) is 4.79 Å². The van der Waals surface area contributed by atoms with Crippen LogP contribution in [0.15, 0.2) is 11.6 Å². The fourth-order valence-electron chi connectivity index (χ4n) is 17.2. The number of hydrogen-bond acceptors (Lipinski definition) is 31. The Bertz CT molecular complexity index is 2570. The molecular formula is C62H103NO31. The molecule has 0 aromatic rings. The summed E-state index contributed by atoms with van der Waals surface area (Å²) in [5.41, 5.74) is -4.40. The van der Waals surface area contributed by atoms with Gasteiger partial charge in [0, 0.05) is 19.3 Å². The second-order valence-electron chi connectivity index (χ2n) is 29.3. The van der Waals surface area contributed by atoms with E-state index in [9.17, 15) is 96.4 Å². The normalized spacial score (nSPS) is 49.5. The molecule has 1 amide bonds. The Morgan fingerprint density at radius 2 is 1.18 bits per heavy atom. The summed E-state index contributed by atoms with van der Waals surface area (Å²) in [5.74, 6) is -1.50. The van der Waals surface area contributed by atoms with E-state index in [4.69, 9.17) is 56.8 Å². The van der Waals surface area contributed by atoms with Gasteiger partial charge in [-0.05, 0) is 101 Å². The molecule has 32 heteroatoms. The molecule has 0 radical (unpaired) electrons. The van der Waals surface area contributed by atoms with Crippen LogP contribution in [0.1, 0.15) is 114 Å². The highest BCUT2D eigenvalue weighted by Gasteiger charge is 2.69. The van der Waals surface area contributed by atoms with E-state index >= 15 is 0 Å². The topological polar surface area (TPSA) is 501 Å². The van der Waals surface area contributed by atoms with Crippen molar-refractivity contribution in [2.24, 2.45) is 34.0 Å². The summed E-state index contributed by atoms with van der Waals surface area (Å²) in [4.78, 5) is 24.9. The predicted molar refractivity (Wildman–Crippen MR) is 314 cm³/mol. The van der Waals surface area contributed by atoms with E-state index in [0.717, 1.165) is 12.5 Å². The van der Waals surface area contributed by atoms with Crippen molar-refractivity contribution < 1.29 is 153 Å². The molecule has 9 aliphatic rings. The van der Waals surface area contributed by atoms with Crippen molar-refractivity contribution in [3.8, 4) is 0 Å². The van der Waals surface area contributed by atoms with Crippen molar-refractivity contribution in [1.29, 1.82) is 0 Å². The van der Waals surface area contributed by atoms with Crippen LogP contribution in [0.5, 0.6) is 0 Å². The van der Waals surface area contributed by atoms with Crippen LogP contribution >= 0.6 is 0 Å². The summed E-state index contributed by atoms with van der Waals surface area (Å²) in [7, 11) is 0. The molecule has 35 atom stereocenters. The quantitative estimate of drug-likeness (QED) is 0.0274. The zero-order valence-electron chi connectivity index (χ0n) is 54.5. The minimum atomic E-state index is -1.94. The summed E-state index contributed by atoms with van der Waals surface area (Å²) in [5, 5.41) is 189. The number of allylic oxidation sites excluding steroid dienone is 1. The number of fused-ring (bicyclic) bond motifs is 3. The van der Waals surface area contributed by atoms with Crippen LogP contribution < -0.4 is 5.32 Å². The average Bonchev–Trinajstić information content (AvgIpc) is 1.45. The van der Waals surface area contributed by atoms with E-state index in [1.807, 2.05) is 19.9 Å². The van der Waals surface area contributed by atoms with Crippen LogP contribution in [0.2, 0.25) is 0 Å². The van der Waals surface area contributed by atoms with E-state index < -0.39 is 250 Å². The van der Waals surface area contributed by atoms with Gasteiger partial charge in [0.15, 0.2) is 37.6 Å². The highest BCUT2D eigenvalue weighted by Crippen LogP contribution is 2.71. The van der Waals surface area contributed by atoms with E-state index in [-0.39, 0.29) is 24.7 Å². The molecule has 9 rings (SSSR count). The fraction of sp³-hybridized carbons (Fsp3) is 0.935. The van der Waals surface area contributed by atoms with Gasteiger partial charge in [-0.15, -0.1) is 0 Å². The smallest absolute Gasteiger partial charge is 0.427 e. The lowest BCUT2D eigenvalue weighted by molar-refractivity contribution is -0.394. The molecule has 0 aromatic carbocycles. The number of amides is 1. The molecule has 6 aliphatic heterocycles. The summed E-state index contributed by atoms with van der Waals surface area (Å²) in [6.07, 6.45) is -37.8. The zero-order valence-corrected chi connectivity index (χ0v) is 54.5. The van der Waals surface area contributed by atoms with Crippen LogP contribution in [0, 0.1) is 34.0 Å². The number of rotatable bonds is 22. The minimum Gasteiger partial charge on any atom is -0.427 e. The lowest BCUT2D eigenvalue weighted by Crippen LogP contribution is -2.68. The lowest BCUT2D eigenvalue weighted by Gasteiger charge is -2.64. The van der Waals surface area contributed by atoms with Gasteiger partial charge in [0.25, 0.3) is 0 Å². The first kappa shape index (κ1) is 75.6. The van der Waals surface area contributed by atoms with Gasteiger partial charge >= 0.3 is 6.16 Å². The number of aliphatic hydroxyl groups excluding tert-OH is 15. The van der Waals surface area contributed by atoms with Crippen LogP contribution in [-0.4, -0.2) is 315 Å². The number of carbonyl (C=O) groups excluding carboxylic acids is 2. The van der Waals surface area contributed by atoms with Gasteiger partial charge in [0.1, 0.15) is 122 Å². The summed E-state index contributed by atoms with van der Waals surface area (Å²) < 4.78 is 71.1. The van der Waals surface area contributed by atoms with Gasteiger partial charge in [0.2, 0.25) is 5.91 Å². The molecule has 0 spiro atoms. The molecule has 0 bridgehead atoms. The SMILES string of the molecule is CC(=O)N[C@H]1[C@H](O[C@H]2[C@H](O[C@H]3[C@H](O[C@H]4CC[C@]5(C)[C@H]6C[C@@H](O)[C@@H]([C@](C)(O)CC/C=C(\C)C[C@@H]7OC(=O)O[C@H]7[C@](C)(O)CO[C@@H]7O[C@H](CO)[C@@H](O)[C@H](O)[C@H]7O)[C@]6(C)CC[C@H]5C4(C)C)O[C@H](CO[C@@H]4OC[C@@H](O)[C@H](O)[C@H]4O)[C@@H](O)[C@@H]3O)O[C@@H](C)[C@H](O)[C@H]2O)O[C@H](CO)[C@@H](O)[C@@H]1O. The van der Waals surface area contributed by atoms with Crippen molar-refractivity contribution in [1.82, 2.24) is 5.32 Å². The summed E-state index contributed by atoms with van der Waals surface area (Å²) in [6, 6.07) is -1.52. The molecule has 542 valence electrons. The number of aliphatic hydroxyl groups is 17. The third-order valence-corrected chi connectivity index (χ3v) is 22.2. The highest BCUT2D eigenvalue weighted by molar-refractivity contribution is 5.73. The first-order chi connectivity index (χ1) is 43.9. The number of ether oxygens (including phenoxy) is 12. The summed E-state index contributed by atoms with van der Waals surface area (Å²) >= 11 is 0. The standard InChI is InChI=1S/C62H103NO31/c1-24(17-29-51(94-57(80)90-29)62(9,82)23-85-54-47(79)43(75)40(72)31(20-65)88-54)11-10-14-61(8,81)50-27(67)18-34-59(6)16-13-35(58(4,5)33(59)12-15-60(34,50)7)91-56-49(45(77)41(73)32(89-56)22-84-53-46(78)38(70)28(68)21-83-53)93-55-48(44(76)37(69)25(2)86-55)92-52-36(63-26(3)66)42(74)39(71)30(19-64)87-52/h11,25,27-56,64-65,67-79,81-82H,10,12-23H2,1-9H3,(H,63,66)/b24-11+/t25-,27+,28+,29-,30+,31+,32+,33-,34+,35-,36+,37-,38-,39+,40+,41+,42+,43-,44+,45-,46+,47+,48+,49+,50+,51+,52-,53-,54+,55-,56-,59-,60+,61+,62+/m0/s1. The van der Waals surface area contributed by atoms with Crippen LogP contribution in [0.3, 0.4) is 0 Å². The van der Waals surface area contributed by atoms with E-state index in [0.29, 0.717) is 38.5 Å². The maximum Gasteiger partial charge on any atom is 0.509 e. The monoisotopic (exact) mass is 1360 g/mol. The molecule has 32 nitrogen and oxygen atoms in total. The molecule has 9 fully saturated rings. The molecule has 0 unspecified atom stereocenters. The summed E-state index contributed by atoms with van der Waals surface area (Å²) in [6.45, 7) is 12.7. The first-order valence-corrected chi connectivity index (χ1v) is 32.7. The van der Waals surface area contributed by atoms with Crippen LogP contribution in [0.4, 0.5) is 4.79 Å². The molecule has 3 saturated carbocycles. The molecule has 94 heavy (non-hydrogen) atoms. The third kappa shape index (κ3) is 14.9. The Kier molecular flexibility index (Phi) is 23.8. The van der Waals surface area contributed by atoms with Crippen LogP contribution in [0.25, 0.3) is 0 Å². The lowest BCUT2D eigenvalue weighted by atomic mass is 9.42. The molecule has 18 N–H and O–H groups in total. The Labute approximate surface area is 544 Å². The van der Waals surface area contributed by atoms with Gasteiger partial charge in [-0.1, -0.05) is 39.3 Å². The number of nitrogens with one attached hydrogen (secondary N) is 1. The molecule has 0 aromatic heterocycles. The molecule has 3 aliphatic carbocycles. The molecule has 6 saturated heterocycles. The molecule has 6 heterocycles. The van der Waals surface area contributed by atoms with E-state index in [1.165, 1.54) is 13.8 Å². The first-order valence-electron chi connectivity index (χ1n) is 32.7. The maximum absolute atomic E-state index is 12.6. The molecular weight excluding hydrogens is 1250 g/mol. The van der Waals surface area contributed by atoms with Gasteiger partial charge in [-0.2, -0.15) is 0 Å². The predicted octanol–water partition coefficient (Wildman–Crippen LogP) is -4.97. The second-order valence-corrected chi connectivity index (χ2v) is 29.3. The second kappa shape index (κ2) is 29.5. The number of hydrogen-bond donors (Lipinski definition) is 18. The zero-order chi connectivity index (χ0) is 69.2. The van der Waals surface area contributed by atoms with Crippen molar-refractivity contribution in [3.05, 3.63) is 11.6 Å². The minimum absolute atomic E-state index is 0.0992. The Morgan fingerprint density at radius 3 is 1.83 bits per heavy atom. The Morgan fingerprint density at radius 1 is 0.606 bits per heavy atom. The van der Waals surface area contributed by atoms with Crippen molar-refractivity contribution in [2.75, 3.05) is 33.0 Å². The van der Waals surface area contributed by atoms with E-state index in [2.05, 4.69) is 19.2 Å². The Hall–Kier alpha value is -2.60. The average molecular weight is 1360 g/mol.